The smallest absolute Gasteiger partial charge is 0.272 e. The van der Waals surface area contributed by atoms with Crippen molar-refractivity contribution in [2.45, 2.75) is 52.6 Å². The summed E-state index contributed by atoms with van der Waals surface area (Å²) in [6.45, 7) is 6.52. The lowest BCUT2D eigenvalue weighted by molar-refractivity contribution is -0.124. The number of fused-ring (bicyclic) bond motifs is 1. The minimum Gasteiger partial charge on any atom is -0.357 e. The van der Waals surface area contributed by atoms with E-state index in [1.807, 2.05) is 20.8 Å². The van der Waals surface area contributed by atoms with E-state index in [2.05, 4.69) is 25.2 Å². The van der Waals surface area contributed by atoms with Gasteiger partial charge >= 0.3 is 0 Å². The number of hydrogen-bond donors (Lipinski definition) is 2. The Bertz CT molecular complexity index is 900. The number of aromatic nitrogens is 3. The van der Waals surface area contributed by atoms with Gasteiger partial charge in [-0.15, -0.1) is 0 Å². The van der Waals surface area contributed by atoms with Crippen molar-refractivity contribution >= 4 is 23.4 Å². The third-order valence-corrected chi connectivity index (χ3v) is 5.30. The number of carbonyl (C=O) groups excluding carboxylic acids is 2. The van der Waals surface area contributed by atoms with Crippen LogP contribution in [0, 0.1) is 5.41 Å². The lowest BCUT2D eigenvalue weighted by Gasteiger charge is -2.29. The first-order valence-electron chi connectivity index (χ1n) is 9.45. The van der Waals surface area contributed by atoms with Crippen LogP contribution in [0.25, 0.3) is 11.4 Å². The van der Waals surface area contributed by atoms with Crippen LogP contribution in [0.15, 0.2) is 18.5 Å². The zero-order valence-corrected chi connectivity index (χ0v) is 17.4. The van der Waals surface area contributed by atoms with Crippen LogP contribution in [0.1, 0.15) is 49.8 Å². The minimum atomic E-state index is -0.668. The third-order valence-electron chi connectivity index (χ3n) is 5.00. The molecule has 0 saturated heterocycles. The van der Waals surface area contributed by atoms with Gasteiger partial charge in [0.15, 0.2) is 0 Å². The zero-order valence-electron chi connectivity index (χ0n) is 16.7. The summed E-state index contributed by atoms with van der Waals surface area (Å²) in [5.41, 5.74) is 1.56. The van der Waals surface area contributed by atoms with E-state index in [4.69, 9.17) is 11.6 Å². The third kappa shape index (κ3) is 3.90. The fourth-order valence-electron chi connectivity index (χ4n) is 3.51. The summed E-state index contributed by atoms with van der Waals surface area (Å²) in [6, 6.07) is 1.13. The van der Waals surface area contributed by atoms with Gasteiger partial charge in [-0.1, -0.05) is 32.4 Å². The Morgan fingerprint density at radius 2 is 2.04 bits per heavy atom. The number of likely N-dealkylation sites (N-methyl/N-ethyl adjacent to an activating group) is 1. The SMILES string of the molecule is CNC(=O)C(NC(=O)c1nc(-c2ccncc2Cl)n2c1CCCC2)C(C)(C)C. The van der Waals surface area contributed by atoms with Crippen LogP contribution in [0.3, 0.4) is 0 Å². The van der Waals surface area contributed by atoms with E-state index in [0.29, 0.717) is 16.5 Å². The van der Waals surface area contributed by atoms with Crippen LogP contribution in [0.4, 0.5) is 0 Å². The van der Waals surface area contributed by atoms with Crippen molar-refractivity contribution in [3.63, 3.8) is 0 Å². The standard InChI is InChI=1S/C20H26ClN5O2/c1-20(2,3)16(19(28)22-4)25-18(27)15-14-7-5-6-10-26(14)17(24-15)12-8-9-23-11-13(12)21/h8-9,11,16H,5-7,10H2,1-4H3,(H,22,28)(H,25,27). The molecule has 8 heteroatoms. The molecule has 2 aromatic heterocycles. The number of nitrogens with zero attached hydrogens (tertiary/aromatic N) is 3. The summed E-state index contributed by atoms with van der Waals surface area (Å²) >= 11 is 6.33. The van der Waals surface area contributed by atoms with Crippen LogP contribution < -0.4 is 10.6 Å². The van der Waals surface area contributed by atoms with Crippen molar-refractivity contribution in [1.29, 1.82) is 0 Å². The average molecular weight is 404 g/mol. The van der Waals surface area contributed by atoms with E-state index in [1.165, 1.54) is 0 Å². The van der Waals surface area contributed by atoms with Gasteiger partial charge in [-0.3, -0.25) is 14.6 Å². The highest BCUT2D eigenvalue weighted by Crippen LogP contribution is 2.31. The predicted molar refractivity (Wildman–Crippen MR) is 108 cm³/mol. The maximum atomic E-state index is 13.1. The van der Waals surface area contributed by atoms with Crippen molar-refractivity contribution in [2.75, 3.05) is 7.05 Å². The summed E-state index contributed by atoms with van der Waals surface area (Å²) in [4.78, 5) is 34.1. The molecule has 3 heterocycles. The number of hydrogen-bond acceptors (Lipinski definition) is 4. The monoisotopic (exact) mass is 403 g/mol. The summed E-state index contributed by atoms with van der Waals surface area (Å²) < 4.78 is 2.06. The molecule has 0 radical (unpaired) electrons. The normalized spacial score (nSPS) is 14.9. The van der Waals surface area contributed by atoms with Crippen LogP contribution >= 0.6 is 11.6 Å². The lowest BCUT2D eigenvalue weighted by Crippen LogP contribution is -2.53. The van der Waals surface area contributed by atoms with E-state index in [-0.39, 0.29) is 11.8 Å². The van der Waals surface area contributed by atoms with Crippen LogP contribution in [0.2, 0.25) is 5.02 Å². The number of imidazole rings is 1. The number of nitrogens with one attached hydrogen (secondary N) is 2. The summed E-state index contributed by atoms with van der Waals surface area (Å²) in [6.07, 6.45) is 6.00. The molecule has 2 aromatic rings. The van der Waals surface area contributed by atoms with Crippen LogP contribution in [-0.4, -0.2) is 39.4 Å². The Morgan fingerprint density at radius 3 is 2.68 bits per heavy atom. The summed E-state index contributed by atoms with van der Waals surface area (Å²) in [7, 11) is 1.56. The molecule has 0 spiro atoms. The van der Waals surface area contributed by atoms with Crippen molar-refractivity contribution in [1.82, 2.24) is 25.2 Å². The highest BCUT2D eigenvalue weighted by Gasteiger charge is 2.34. The van der Waals surface area contributed by atoms with Gasteiger partial charge in [0.1, 0.15) is 17.6 Å². The van der Waals surface area contributed by atoms with E-state index in [9.17, 15) is 9.59 Å². The number of rotatable bonds is 4. The number of amides is 2. The zero-order chi connectivity index (χ0) is 20.5. The molecule has 0 fully saturated rings. The number of pyridine rings is 1. The maximum Gasteiger partial charge on any atom is 0.272 e. The summed E-state index contributed by atoms with van der Waals surface area (Å²) in [5, 5.41) is 6.00. The van der Waals surface area contributed by atoms with E-state index in [0.717, 1.165) is 37.1 Å². The second kappa shape index (κ2) is 7.91. The molecule has 7 nitrogen and oxygen atoms in total. The summed E-state index contributed by atoms with van der Waals surface area (Å²) in [5.74, 6) is 0.0939. The molecule has 0 saturated carbocycles. The molecular formula is C20H26ClN5O2. The molecule has 1 unspecified atom stereocenters. The van der Waals surface area contributed by atoms with Crippen molar-refractivity contribution < 1.29 is 9.59 Å². The van der Waals surface area contributed by atoms with Gasteiger partial charge < -0.3 is 15.2 Å². The van der Waals surface area contributed by atoms with Gasteiger partial charge in [0.05, 0.1) is 10.7 Å². The topological polar surface area (TPSA) is 88.9 Å². The highest BCUT2D eigenvalue weighted by atomic mass is 35.5. The quantitative estimate of drug-likeness (QED) is 0.821. The molecular weight excluding hydrogens is 378 g/mol. The molecule has 1 aliphatic rings. The average Bonchev–Trinajstić information content (AvgIpc) is 3.04. The second-order valence-corrected chi connectivity index (χ2v) is 8.49. The van der Waals surface area contributed by atoms with Crippen molar-refractivity contribution in [3.8, 4) is 11.4 Å². The lowest BCUT2D eigenvalue weighted by atomic mass is 9.86. The first kappa shape index (κ1) is 20.3. The van der Waals surface area contributed by atoms with Gasteiger partial charge in [-0.2, -0.15) is 0 Å². The van der Waals surface area contributed by atoms with Gasteiger partial charge in [0.2, 0.25) is 5.91 Å². The van der Waals surface area contributed by atoms with Crippen molar-refractivity contribution in [3.05, 3.63) is 34.9 Å². The van der Waals surface area contributed by atoms with Gasteiger partial charge in [-0.25, -0.2) is 4.98 Å². The molecule has 2 N–H and O–H groups in total. The van der Waals surface area contributed by atoms with E-state index < -0.39 is 11.5 Å². The van der Waals surface area contributed by atoms with Gasteiger partial charge in [0.25, 0.3) is 5.91 Å². The Kier molecular flexibility index (Phi) is 5.74. The van der Waals surface area contributed by atoms with E-state index in [1.54, 1.807) is 25.5 Å². The largest absolute Gasteiger partial charge is 0.357 e. The van der Waals surface area contributed by atoms with Gasteiger partial charge in [-0.05, 0) is 30.7 Å². The number of halogens is 1. The van der Waals surface area contributed by atoms with Crippen LogP contribution in [-0.2, 0) is 17.8 Å². The fourth-order valence-corrected chi connectivity index (χ4v) is 3.71. The highest BCUT2D eigenvalue weighted by molar-refractivity contribution is 6.33. The van der Waals surface area contributed by atoms with Gasteiger partial charge in [0, 0.05) is 31.5 Å². The molecule has 28 heavy (non-hydrogen) atoms. The van der Waals surface area contributed by atoms with E-state index >= 15 is 0 Å². The molecule has 150 valence electrons. The fraction of sp³-hybridized carbons (Fsp3) is 0.500. The first-order chi connectivity index (χ1) is 13.2. The molecule has 0 aromatic carbocycles. The van der Waals surface area contributed by atoms with Crippen LogP contribution in [0.5, 0.6) is 0 Å². The second-order valence-electron chi connectivity index (χ2n) is 8.08. The molecule has 3 rings (SSSR count). The predicted octanol–water partition coefficient (Wildman–Crippen LogP) is 2.83. The Balaban J connectivity index is 2.01. The molecule has 0 bridgehead atoms. The number of carbonyl (C=O) groups is 2. The van der Waals surface area contributed by atoms with Crippen molar-refractivity contribution in [2.24, 2.45) is 5.41 Å². The maximum absolute atomic E-state index is 13.1. The Morgan fingerprint density at radius 1 is 1.29 bits per heavy atom. The molecule has 1 aliphatic heterocycles. The molecule has 1 atom stereocenters. The Labute approximate surface area is 169 Å². The molecule has 2 amide bonds. The minimum absolute atomic E-state index is 0.230. The Hall–Kier alpha value is -2.41. The first-order valence-corrected chi connectivity index (χ1v) is 9.83. The molecule has 0 aliphatic carbocycles.